The van der Waals surface area contributed by atoms with Crippen molar-refractivity contribution in [2.75, 3.05) is 6.54 Å². The van der Waals surface area contributed by atoms with Crippen molar-refractivity contribution in [1.29, 1.82) is 0 Å². The lowest BCUT2D eigenvalue weighted by atomic mass is 10.1. The van der Waals surface area contributed by atoms with Gasteiger partial charge in [-0.25, -0.2) is 8.42 Å². The largest absolute Gasteiger partial charge is 0.346 e. The maximum absolute atomic E-state index is 13.0. The lowest BCUT2D eigenvalue weighted by molar-refractivity contribution is 0.0939. The molecule has 0 spiro atoms. The summed E-state index contributed by atoms with van der Waals surface area (Å²) in [6.45, 7) is 4.38. The highest BCUT2D eigenvalue weighted by atomic mass is 32.2. The molecule has 5 nitrogen and oxygen atoms in total. The van der Waals surface area contributed by atoms with E-state index in [2.05, 4.69) is 5.32 Å². The molecule has 3 rings (SSSR count). The monoisotopic (exact) mass is 386 g/mol. The molecule has 0 radical (unpaired) electrons. The smallest absolute Gasteiger partial charge is 0.251 e. The molecule has 0 aromatic heterocycles. The zero-order valence-electron chi connectivity index (χ0n) is 15.8. The lowest BCUT2D eigenvalue weighted by Crippen LogP contribution is -2.42. The SMILES string of the molecule is CC(NC(=O)c1cccc(S(=O)(=O)N2CCCCC2C)c1)c1ccccc1. The van der Waals surface area contributed by atoms with Crippen LogP contribution >= 0.6 is 0 Å². The molecule has 1 aliphatic rings. The summed E-state index contributed by atoms with van der Waals surface area (Å²) in [4.78, 5) is 12.8. The Morgan fingerprint density at radius 2 is 1.85 bits per heavy atom. The average Bonchev–Trinajstić information content (AvgIpc) is 2.69. The molecule has 1 saturated heterocycles. The Bertz CT molecular complexity index is 897. The lowest BCUT2D eigenvalue weighted by Gasteiger charge is -2.32. The van der Waals surface area contributed by atoms with Crippen molar-refractivity contribution in [3.8, 4) is 0 Å². The van der Waals surface area contributed by atoms with Gasteiger partial charge in [-0.05, 0) is 50.5 Å². The maximum atomic E-state index is 13.0. The number of benzene rings is 2. The van der Waals surface area contributed by atoms with Gasteiger partial charge in [-0.2, -0.15) is 4.31 Å². The highest BCUT2D eigenvalue weighted by Gasteiger charge is 2.31. The van der Waals surface area contributed by atoms with E-state index in [-0.39, 0.29) is 22.9 Å². The van der Waals surface area contributed by atoms with Gasteiger partial charge in [-0.3, -0.25) is 4.79 Å². The molecule has 1 heterocycles. The molecule has 1 fully saturated rings. The Morgan fingerprint density at radius 1 is 1.11 bits per heavy atom. The summed E-state index contributed by atoms with van der Waals surface area (Å²) >= 11 is 0. The third kappa shape index (κ3) is 4.39. The molecule has 144 valence electrons. The molecule has 6 heteroatoms. The fraction of sp³-hybridized carbons (Fsp3) is 0.381. The molecule has 1 amide bonds. The number of nitrogens with one attached hydrogen (secondary N) is 1. The molecule has 2 atom stereocenters. The van der Waals surface area contributed by atoms with Crippen LogP contribution in [-0.2, 0) is 10.0 Å². The van der Waals surface area contributed by atoms with E-state index >= 15 is 0 Å². The predicted octanol–water partition coefficient (Wildman–Crippen LogP) is 3.74. The van der Waals surface area contributed by atoms with Crippen molar-refractivity contribution in [2.24, 2.45) is 0 Å². The first-order valence-electron chi connectivity index (χ1n) is 9.37. The quantitative estimate of drug-likeness (QED) is 0.851. The van der Waals surface area contributed by atoms with Gasteiger partial charge >= 0.3 is 0 Å². The van der Waals surface area contributed by atoms with E-state index in [1.54, 1.807) is 22.5 Å². The Kier molecular flexibility index (Phi) is 5.97. The van der Waals surface area contributed by atoms with Crippen LogP contribution in [0.4, 0.5) is 0 Å². The van der Waals surface area contributed by atoms with Crippen LogP contribution in [0.25, 0.3) is 0 Å². The topological polar surface area (TPSA) is 66.5 Å². The van der Waals surface area contributed by atoms with E-state index in [1.165, 1.54) is 6.07 Å². The average molecular weight is 387 g/mol. The molecule has 0 aliphatic carbocycles. The number of hydrogen-bond donors (Lipinski definition) is 1. The summed E-state index contributed by atoms with van der Waals surface area (Å²) in [6.07, 6.45) is 2.79. The second-order valence-corrected chi connectivity index (χ2v) is 8.98. The second kappa shape index (κ2) is 8.23. The van der Waals surface area contributed by atoms with Crippen molar-refractivity contribution >= 4 is 15.9 Å². The number of nitrogens with zero attached hydrogens (tertiary/aromatic N) is 1. The van der Waals surface area contributed by atoms with Crippen LogP contribution in [0.3, 0.4) is 0 Å². The Balaban J connectivity index is 1.79. The van der Waals surface area contributed by atoms with Crippen molar-refractivity contribution in [3.05, 3.63) is 65.7 Å². The van der Waals surface area contributed by atoms with Crippen molar-refractivity contribution in [1.82, 2.24) is 9.62 Å². The van der Waals surface area contributed by atoms with E-state index in [0.717, 1.165) is 24.8 Å². The van der Waals surface area contributed by atoms with Crippen molar-refractivity contribution < 1.29 is 13.2 Å². The highest BCUT2D eigenvalue weighted by molar-refractivity contribution is 7.89. The van der Waals surface area contributed by atoms with Crippen LogP contribution in [0.1, 0.15) is 55.1 Å². The third-order valence-electron chi connectivity index (χ3n) is 5.09. The fourth-order valence-corrected chi connectivity index (χ4v) is 5.21. The molecular weight excluding hydrogens is 360 g/mol. The van der Waals surface area contributed by atoms with E-state index in [4.69, 9.17) is 0 Å². The van der Waals surface area contributed by atoms with Gasteiger partial charge in [0.25, 0.3) is 5.91 Å². The molecule has 2 aromatic carbocycles. The number of amides is 1. The molecule has 27 heavy (non-hydrogen) atoms. The molecule has 0 saturated carbocycles. The first-order chi connectivity index (χ1) is 12.9. The number of carbonyl (C=O) groups is 1. The van der Waals surface area contributed by atoms with Gasteiger partial charge in [0.15, 0.2) is 0 Å². The minimum atomic E-state index is -3.59. The predicted molar refractivity (Wildman–Crippen MR) is 106 cm³/mol. The standard InChI is InChI=1S/C21H26N2O3S/c1-16-9-6-7-14-23(16)27(25,26)20-13-8-12-19(15-20)21(24)22-17(2)18-10-4-3-5-11-18/h3-5,8,10-13,15-17H,6-7,9,14H2,1-2H3,(H,22,24). The van der Waals surface area contributed by atoms with Crippen LogP contribution in [0.2, 0.25) is 0 Å². The first kappa shape index (κ1) is 19.6. The number of sulfonamides is 1. The minimum Gasteiger partial charge on any atom is -0.346 e. The van der Waals surface area contributed by atoms with Gasteiger partial charge in [0.2, 0.25) is 10.0 Å². The van der Waals surface area contributed by atoms with E-state index in [1.807, 2.05) is 44.2 Å². The normalized spacial score (nSPS) is 19.4. The second-order valence-electron chi connectivity index (χ2n) is 7.09. The Hall–Kier alpha value is -2.18. The van der Waals surface area contributed by atoms with Gasteiger partial charge in [-0.1, -0.05) is 42.8 Å². The zero-order chi connectivity index (χ0) is 19.4. The third-order valence-corrected chi connectivity index (χ3v) is 7.10. The summed E-state index contributed by atoms with van der Waals surface area (Å²) in [5.41, 5.74) is 1.35. The molecule has 0 bridgehead atoms. The molecular formula is C21H26N2O3S. The molecule has 1 aliphatic heterocycles. The zero-order valence-corrected chi connectivity index (χ0v) is 16.6. The Labute approximate surface area is 161 Å². The van der Waals surface area contributed by atoms with Crippen LogP contribution < -0.4 is 5.32 Å². The van der Waals surface area contributed by atoms with Crippen LogP contribution in [-0.4, -0.2) is 31.2 Å². The van der Waals surface area contributed by atoms with E-state index in [9.17, 15) is 13.2 Å². The minimum absolute atomic E-state index is 0.0145. The summed E-state index contributed by atoms with van der Waals surface area (Å²) in [5, 5.41) is 2.93. The van der Waals surface area contributed by atoms with Gasteiger partial charge in [0.05, 0.1) is 10.9 Å². The highest BCUT2D eigenvalue weighted by Crippen LogP contribution is 2.25. The van der Waals surface area contributed by atoms with Crippen LogP contribution in [0.15, 0.2) is 59.5 Å². The van der Waals surface area contributed by atoms with E-state index < -0.39 is 10.0 Å². The van der Waals surface area contributed by atoms with Crippen molar-refractivity contribution in [2.45, 2.75) is 50.1 Å². The van der Waals surface area contributed by atoms with Gasteiger partial charge in [0.1, 0.15) is 0 Å². The number of hydrogen-bond acceptors (Lipinski definition) is 3. The summed E-state index contributed by atoms with van der Waals surface area (Å²) in [7, 11) is -3.59. The molecule has 1 N–H and O–H groups in total. The van der Waals surface area contributed by atoms with E-state index in [0.29, 0.717) is 12.1 Å². The van der Waals surface area contributed by atoms with Gasteiger partial charge in [-0.15, -0.1) is 0 Å². The summed E-state index contributed by atoms with van der Waals surface area (Å²) < 4.78 is 27.6. The summed E-state index contributed by atoms with van der Waals surface area (Å²) in [6, 6.07) is 15.8. The van der Waals surface area contributed by atoms with Crippen LogP contribution in [0.5, 0.6) is 0 Å². The molecule has 2 unspecified atom stereocenters. The Morgan fingerprint density at radius 3 is 2.56 bits per heavy atom. The number of rotatable bonds is 5. The first-order valence-corrected chi connectivity index (χ1v) is 10.8. The number of carbonyl (C=O) groups excluding carboxylic acids is 1. The fourth-order valence-electron chi connectivity index (χ4n) is 3.47. The van der Waals surface area contributed by atoms with Crippen molar-refractivity contribution in [3.63, 3.8) is 0 Å². The maximum Gasteiger partial charge on any atom is 0.251 e. The van der Waals surface area contributed by atoms with Crippen LogP contribution in [0, 0.1) is 0 Å². The molecule has 2 aromatic rings. The summed E-state index contributed by atoms with van der Waals surface area (Å²) in [5.74, 6) is -0.282. The number of piperidine rings is 1. The van der Waals surface area contributed by atoms with Gasteiger partial charge < -0.3 is 5.32 Å². The van der Waals surface area contributed by atoms with Gasteiger partial charge in [0, 0.05) is 18.2 Å².